The Morgan fingerprint density at radius 1 is 1.42 bits per heavy atom. The quantitative estimate of drug-likeness (QED) is 0.804. The van der Waals surface area contributed by atoms with Crippen molar-refractivity contribution in [2.24, 2.45) is 0 Å². The highest BCUT2D eigenvalue weighted by Gasteiger charge is 2.19. The van der Waals surface area contributed by atoms with Crippen molar-refractivity contribution in [2.45, 2.75) is 38.9 Å². The first-order chi connectivity index (χ1) is 8.89. The Balaban J connectivity index is 2.72. The van der Waals surface area contributed by atoms with Gasteiger partial charge in [-0.1, -0.05) is 19.1 Å². The van der Waals surface area contributed by atoms with E-state index in [1.54, 1.807) is 24.3 Å². The summed E-state index contributed by atoms with van der Waals surface area (Å²) in [6, 6.07) is 6.76. The fourth-order valence-corrected chi connectivity index (χ4v) is 1.49. The van der Waals surface area contributed by atoms with Gasteiger partial charge in [0.2, 0.25) is 0 Å². The van der Waals surface area contributed by atoms with Crippen LogP contribution in [0.25, 0.3) is 0 Å². The molecule has 0 fully saturated rings. The lowest BCUT2D eigenvalue weighted by molar-refractivity contribution is -0.0618. The van der Waals surface area contributed by atoms with Crippen molar-refractivity contribution in [3.63, 3.8) is 0 Å². The van der Waals surface area contributed by atoms with Crippen LogP contribution in [0.3, 0.4) is 0 Å². The number of esters is 1. The molecule has 0 aliphatic heterocycles. The minimum atomic E-state index is -0.754. The highest BCUT2D eigenvalue weighted by atomic mass is 16.5. The maximum Gasteiger partial charge on any atom is 0.337 e. The summed E-state index contributed by atoms with van der Waals surface area (Å²) >= 11 is 0. The van der Waals surface area contributed by atoms with E-state index >= 15 is 0 Å². The standard InChI is InChI=1S/C15H22O4/c1-5-15(2,3)19-10-13(16)11-7-6-8-12(9-11)14(17)18-4/h6-9,13,16H,5,10H2,1-4H3. The number of carbonyl (C=O) groups excluding carboxylic acids is 1. The molecule has 0 bridgehead atoms. The molecule has 0 aliphatic carbocycles. The van der Waals surface area contributed by atoms with Gasteiger partial charge >= 0.3 is 5.97 Å². The molecule has 4 nitrogen and oxygen atoms in total. The van der Waals surface area contributed by atoms with E-state index in [4.69, 9.17) is 4.74 Å². The Labute approximate surface area is 114 Å². The molecule has 1 unspecified atom stereocenters. The predicted octanol–water partition coefficient (Wildman–Crippen LogP) is 2.71. The van der Waals surface area contributed by atoms with Crippen LogP contribution < -0.4 is 0 Å². The second-order valence-electron chi connectivity index (χ2n) is 5.06. The number of methoxy groups -OCH3 is 1. The molecular weight excluding hydrogens is 244 g/mol. The molecule has 1 atom stereocenters. The number of aliphatic hydroxyl groups excluding tert-OH is 1. The molecule has 1 rings (SSSR count). The lowest BCUT2D eigenvalue weighted by atomic mass is 10.0. The third-order valence-electron chi connectivity index (χ3n) is 3.18. The first-order valence-corrected chi connectivity index (χ1v) is 6.40. The van der Waals surface area contributed by atoms with Gasteiger partial charge in [-0.15, -0.1) is 0 Å². The summed E-state index contributed by atoms with van der Waals surface area (Å²) in [5.74, 6) is -0.413. The number of aliphatic hydroxyl groups is 1. The van der Waals surface area contributed by atoms with Gasteiger partial charge in [0.1, 0.15) is 6.10 Å². The summed E-state index contributed by atoms with van der Waals surface area (Å²) in [4.78, 5) is 11.4. The molecule has 19 heavy (non-hydrogen) atoms. The van der Waals surface area contributed by atoms with E-state index in [0.717, 1.165) is 6.42 Å². The van der Waals surface area contributed by atoms with Crippen LogP contribution in [-0.4, -0.2) is 30.4 Å². The number of ether oxygens (including phenoxy) is 2. The van der Waals surface area contributed by atoms with E-state index in [-0.39, 0.29) is 12.2 Å². The zero-order valence-corrected chi connectivity index (χ0v) is 12.0. The molecule has 0 heterocycles. The van der Waals surface area contributed by atoms with Crippen molar-refractivity contribution in [3.05, 3.63) is 35.4 Å². The van der Waals surface area contributed by atoms with Gasteiger partial charge < -0.3 is 14.6 Å². The van der Waals surface area contributed by atoms with Crippen molar-refractivity contribution in [1.82, 2.24) is 0 Å². The molecule has 0 spiro atoms. The molecule has 1 N–H and O–H groups in total. The molecule has 0 saturated carbocycles. The Hall–Kier alpha value is -1.39. The van der Waals surface area contributed by atoms with E-state index in [2.05, 4.69) is 4.74 Å². The summed E-state index contributed by atoms with van der Waals surface area (Å²) < 4.78 is 10.3. The van der Waals surface area contributed by atoms with Crippen molar-refractivity contribution >= 4 is 5.97 Å². The van der Waals surface area contributed by atoms with Gasteiger partial charge in [-0.05, 0) is 38.0 Å². The van der Waals surface area contributed by atoms with Crippen LogP contribution in [-0.2, 0) is 9.47 Å². The molecular formula is C15H22O4. The fraction of sp³-hybridized carbons (Fsp3) is 0.533. The second-order valence-corrected chi connectivity index (χ2v) is 5.06. The van der Waals surface area contributed by atoms with Crippen LogP contribution in [0.5, 0.6) is 0 Å². The Morgan fingerprint density at radius 2 is 2.11 bits per heavy atom. The SMILES string of the molecule is CCC(C)(C)OCC(O)c1cccc(C(=O)OC)c1. The van der Waals surface area contributed by atoms with Gasteiger partial charge in [-0.25, -0.2) is 4.79 Å². The first kappa shape index (κ1) is 15.7. The maximum atomic E-state index is 11.4. The lowest BCUT2D eigenvalue weighted by Crippen LogP contribution is -2.26. The van der Waals surface area contributed by atoms with Gasteiger partial charge in [0, 0.05) is 0 Å². The van der Waals surface area contributed by atoms with E-state index in [1.165, 1.54) is 7.11 Å². The molecule has 1 aromatic carbocycles. The van der Waals surface area contributed by atoms with Crippen LogP contribution in [0.1, 0.15) is 49.2 Å². The lowest BCUT2D eigenvalue weighted by Gasteiger charge is -2.25. The summed E-state index contributed by atoms with van der Waals surface area (Å²) in [7, 11) is 1.33. The maximum absolute atomic E-state index is 11.4. The van der Waals surface area contributed by atoms with E-state index in [0.29, 0.717) is 11.1 Å². The average molecular weight is 266 g/mol. The summed E-state index contributed by atoms with van der Waals surface area (Å²) in [5.41, 5.74) is 0.810. The highest BCUT2D eigenvalue weighted by Crippen LogP contribution is 2.20. The van der Waals surface area contributed by atoms with Crippen LogP contribution >= 0.6 is 0 Å². The smallest absolute Gasteiger partial charge is 0.337 e. The van der Waals surface area contributed by atoms with Gasteiger partial charge in [0.05, 0.1) is 24.9 Å². The van der Waals surface area contributed by atoms with E-state index in [9.17, 15) is 9.90 Å². The average Bonchev–Trinajstić information content (AvgIpc) is 2.44. The van der Waals surface area contributed by atoms with E-state index in [1.807, 2.05) is 20.8 Å². The molecule has 4 heteroatoms. The number of carbonyl (C=O) groups is 1. The zero-order chi connectivity index (χ0) is 14.5. The van der Waals surface area contributed by atoms with Crippen molar-refractivity contribution in [2.75, 3.05) is 13.7 Å². The molecule has 106 valence electrons. The normalized spacial score (nSPS) is 13.1. The van der Waals surface area contributed by atoms with Crippen molar-refractivity contribution in [1.29, 1.82) is 0 Å². The molecule has 0 amide bonds. The third kappa shape index (κ3) is 4.65. The summed E-state index contributed by atoms with van der Waals surface area (Å²) in [6.07, 6.45) is 0.109. The minimum absolute atomic E-state index is 0.200. The van der Waals surface area contributed by atoms with Crippen molar-refractivity contribution in [3.8, 4) is 0 Å². The fourth-order valence-electron chi connectivity index (χ4n) is 1.49. The molecule has 0 saturated heterocycles. The van der Waals surface area contributed by atoms with Crippen LogP contribution in [0, 0.1) is 0 Å². The second kappa shape index (κ2) is 6.68. The molecule has 1 aromatic rings. The van der Waals surface area contributed by atoms with Crippen LogP contribution in [0.2, 0.25) is 0 Å². The molecule has 0 aliphatic rings. The zero-order valence-electron chi connectivity index (χ0n) is 12.0. The monoisotopic (exact) mass is 266 g/mol. The molecule has 0 radical (unpaired) electrons. The minimum Gasteiger partial charge on any atom is -0.465 e. The van der Waals surface area contributed by atoms with Crippen molar-refractivity contribution < 1.29 is 19.4 Å². The van der Waals surface area contributed by atoms with Gasteiger partial charge in [0.25, 0.3) is 0 Å². The van der Waals surface area contributed by atoms with Gasteiger partial charge in [-0.2, -0.15) is 0 Å². The van der Waals surface area contributed by atoms with Gasteiger partial charge in [-0.3, -0.25) is 0 Å². The Morgan fingerprint density at radius 3 is 2.68 bits per heavy atom. The number of hydrogen-bond acceptors (Lipinski definition) is 4. The van der Waals surface area contributed by atoms with E-state index < -0.39 is 12.1 Å². The Kier molecular flexibility index (Phi) is 5.51. The van der Waals surface area contributed by atoms with Crippen LogP contribution in [0.15, 0.2) is 24.3 Å². The summed E-state index contributed by atoms with van der Waals surface area (Å²) in [5, 5.41) is 10.1. The topological polar surface area (TPSA) is 55.8 Å². The van der Waals surface area contributed by atoms with Gasteiger partial charge in [0.15, 0.2) is 0 Å². The number of hydrogen-bond donors (Lipinski definition) is 1. The third-order valence-corrected chi connectivity index (χ3v) is 3.18. The molecule has 0 aromatic heterocycles. The summed E-state index contributed by atoms with van der Waals surface area (Å²) in [6.45, 7) is 6.19. The first-order valence-electron chi connectivity index (χ1n) is 6.40. The predicted molar refractivity (Wildman–Crippen MR) is 73.1 cm³/mol. The number of benzene rings is 1. The Bertz CT molecular complexity index is 426. The number of rotatable bonds is 6. The van der Waals surface area contributed by atoms with Crippen LogP contribution in [0.4, 0.5) is 0 Å². The highest BCUT2D eigenvalue weighted by molar-refractivity contribution is 5.89. The largest absolute Gasteiger partial charge is 0.465 e.